The van der Waals surface area contributed by atoms with Gasteiger partial charge in [-0.3, -0.25) is 4.79 Å². The fourth-order valence-electron chi connectivity index (χ4n) is 2.26. The summed E-state index contributed by atoms with van der Waals surface area (Å²) < 4.78 is 18.8. The number of halogens is 1. The molecule has 0 radical (unpaired) electrons. The summed E-state index contributed by atoms with van der Waals surface area (Å²) in [6.07, 6.45) is 0. The number of hydrogen-bond acceptors (Lipinski definition) is 6. The summed E-state index contributed by atoms with van der Waals surface area (Å²) in [5.74, 6) is 0.0446. The van der Waals surface area contributed by atoms with Crippen LogP contribution in [0.3, 0.4) is 0 Å². The fraction of sp³-hybridized carbons (Fsp3) is 0.235. The number of rotatable bonds is 6. The largest absolute Gasteiger partial charge is 0.410 e. The molecule has 0 N–H and O–H groups in total. The van der Waals surface area contributed by atoms with Gasteiger partial charge in [-0.15, -0.1) is 21.5 Å². The lowest BCUT2D eigenvalue weighted by Crippen LogP contribution is -2.32. The van der Waals surface area contributed by atoms with Crippen molar-refractivity contribution in [3.05, 3.63) is 53.2 Å². The van der Waals surface area contributed by atoms with Crippen molar-refractivity contribution in [2.45, 2.75) is 23.9 Å². The van der Waals surface area contributed by atoms with Gasteiger partial charge in [0, 0.05) is 13.6 Å². The smallest absolute Gasteiger partial charge is 0.277 e. The molecule has 1 atom stereocenters. The lowest BCUT2D eigenvalue weighted by Gasteiger charge is -2.20. The third kappa shape index (κ3) is 4.46. The first-order chi connectivity index (χ1) is 12.0. The van der Waals surface area contributed by atoms with Crippen LogP contribution in [0.2, 0.25) is 0 Å². The second kappa shape index (κ2) is 7.79. The lowest BCUT2D eigenvalue weighted by atomic mass is 10.2. The fourth-order valence-corrected chi connectivity index (χ4v) is 3.70. The molecular weight excluding hydrogens is 361 g/mol. The van der Waals surface area contributed by atoms with Crippen LogP contribution in [0.5, 0.6) is 0 Å². The van der Waals surface area contributed by atoms with E-state index in [1.165, 1.54) is 35.2 Å². The SMILES string of the molecule is CC(Sc1nnc(-c2cccs2)o1)C(=O)N(C)Cc1cccc(F)c1. The molecule has 2 aromatic heterocycles. The molecule has 3 rings (SSSR count). The first-order valence-corrected chi connectivity index (χ1v) is 9.32. The predicted molar refractivity (Wildman–Crippen MR) is 95.8 cm³/mol. The summed E-state index contributed by atoms with van der Waals surface area (Å²) in [5, 5.41) is 9.87. The molecule has 0 saturated heterocycles. The molecule has 0 aliphatic carbocycles. The number of carbonyl (C=O) groups excluding carboxylic acids is 1. The van der Waals surface area contributed by atoms with Crippen molar-refractivity contribution in [2.75, 3.05) is 7.05 Å². The Morgan fingerprint density at radius 1 is 1.36 bits per heavy atom. The quantitative estimate of drug-likeness (QED) is 0.606. The predicted octanol–water partition coefficient (Wildman–Crippen LogP) is 4.08. The van der Waals surface area contributed by atoms with E-state index in [1.54, 1.807) is 31.0 Å². The van der Waals surface area contributed by atoms with Crippen LogP contribution in [0.4, 0.5) is 4.39 Å². The zero-order chi connectivity index (χ0) is 17.8. The summed E-state index contributed by atoms with van der Waals surface area (Å²) in [5.41, 5.74) is 0.742. The minimum Gasteiger partial charge on any atom is -0.410 e. The minimum absolute atomic E-state index is 0.0925. The molecule has 0 fully saturated rings. The monoisotopic (exact) mass is 377 g/mol. The molecule has 2 heterocycles. The molecule has 130 valence electrons. The zero-order valence-electron chi connectivity index (χ0n) is 13.7. The number of thiophene rings is 1. The van der Waals surface area contributed by atoms with Crippen LogP contribution in [0.15, 0.2) is 51.4 Å². The van der Waals surface area contributed by atoms with Crippen LogP contribution >= 0.6 is 23.1 Å². The van der Waals surface area contributed by atoms with Crippen molar-refractivity contribution < 1.29 is 13.6 Å². The molecule has 5 nitrogen and oxygen atoms in total. The van der Waals surface area contributed by atoms with Crippen LogP contribution in [0, 0.1) is 5.82 Å². The van der Waals surface area contributed by atoms with Gasteiger partial charge in [0.15, 0.2) is 0 Å². The molecule has 0 saturated carbocycles. The Kier molecular flexibility index (Phi) is 5.50. The van der Waals surface area contributed by atoms with Gasteiger partial charge in [0.05, 0.1) is 10.1 Å². The van der Waals surface area contributed by atoms with Gasteiger partial charge in [-0.05, 0) is 36.1 Å². The molecule has 1 amide bonds. The number of amides is 1. The second-order valence-electron chi connectivity index (χ2n) is 5.43. The first-order valence-electron chi connectivity index (χ1n) is 7.56. The van der Waals surface area contributed by atoms with Crippen molar-refractivity contribution in [1.29, 1.82) is 0 Å². The Balaban J connectivity index is 1.60. The average molecular weight is 377 g/mol. The van der Waals surface area contributed by atoms with Crippen molar-refractivity contribution >= 4 is 29.0 Å². The second-order valence-corrected chi connectivity index (χ2v) is 7.67. The van der Waals surface area contributed by atoms with Crippen molar-refractivity contribution in [1.82, 2.24) is 15.1 Å². The number of carbonyl (C=O) groups is 1. The van der Waals surface area contributed by atoms with E-state index in [0.717, 1.165) is 10.4 Å². The van der Waals surface area contributed by atoms with E-state index in [4.69, 9.17) is 4.42 Å². The highest BCUT2D eigenvalue weighted by molar-refractivity contribution is 8.00. The molecule has 1 unspecified atom stereocenters. The topological polar surface area (TPSA) is 59.2 Å². The number of aromatic nitrogens is 2. The number of benzene rings is 1. The van der Waals surface area contributed by atoms with E-state index in [1.807, 2.05) is 17.5 Å². The Hall–Kier alpha value is -2.19. The van der Waals surface area contributed by atoms with Crippen LogP contribution in [0.25, 0.3) is 10.8 Å². The van der Waals surface area contributed by atoms with Gasteiger partial charge in [0.2, 0.25) is 5.91 Å². The van der Waals surface area contributed by atoms with E-state index in [-0.39, 0.29) is 11.7 Å². The van der Waals surface area contributed by atoms with Crippen LogP contribution in [-0.2, 0) is 11.3 Å². The molecule has 0 bridgehead atoms. The Bertz CT molecular complexity index is 851. The summed E-state index contributed by atoms with van der Waals surface area (Å²) in [6, 6.07) is 10.0. The average Bonchev–Trinajstić information content (AvgIpc) is 3.25. The lowest BCUT2D eigenvalue weighted by molar-refractivity contribution is -0.129. The molecule has 0 aliphatic rings. The Morgan fingerprint density at radius 2 is 2.20 bits per heavy atom. The molecule has 0 spiro atoms. The van der Waals surface area contributed by atoms with E-state index in [2.05, 4.69) is 10.2 Å². The van der Waals surface area contributed by atoms with Crippen molar-refractivity contribution in [3.63, 3.8) is 0 Å². The normalized spacial score (nSPS) is 12.1. The molecule has 8 heteroatoms. The summed E-state index contributed by atoms with van der Waals surface area (Å²) in [4.78, 5) is 14.9. The third-order valence-corrected chi connectivity index (χ3v) is 5.23. The standard InChI is InChI=1S/C17H16FN3O2S2/c1-11(16(22)21(2)10-12-5-3-6-13(18)9-12)25-17-20-19-15(23-17)14-7-4-8-24-14/h3-9,11H,10H2,1-2H3. The van der Waals surface area contributed by atoms with Gasteiger partial charge in [0.25, 0.3) is 11.1 Å². The van der Waals surface area contributed by atoms with Crippen LogP contribution in [-0.4, -0.2) is 33.3 Å². The van der Waals surface area contributed by atoms with Gasteiger partial charge in [0.1, 0.15) is 5.82 Å². The number of nitrogens with zero attached hydrogens (tertiary/aromatic N) is 3. The summed E-state index contributed by atoms with van der Waals surface area (Å²) >= 11 is 2.72. The van der Waals surface area contributed by atoms with E-state index in [9.17, 15) is 9.18 Å². The van der Waals surface area contributed by atoms with Gasteiger partial charge in [-0.25, -0.2) is 4.39 Å². The maximum Gasteiger partial charge on any atom is 0.277 e. The summed E-state index contributed by atoms with van der Waals surface area (Å²) in [7, 11) is 1.69. The highest BCUT2D eigenvalue weighted by Crippen LogP contribution is 2.29. The van der Waals surface area contributed by atoms with Gasteiger partial charge in [-0.1, -0.05) is 30.0 Å². The van der Waals surface area contributed by atoms with Gasteiger partial charge < -0.3 is 9.32 Å². The van der Waals surface area contributed by atoms with E-state index >= 15 is 0 Å². The molecule has 0 aliphatic heterocycles. The molecule has 1 aromatic carbocycles. The van der Waals surface area contributed by atoms with Crippen molar-refractivity contribution in [3.8, 4) is 10.8 Å². The molecule has 25 heavy (non-hydrogen) atoms. The molecular formula is C17H16FN3O2S2. The first kappa shape index (κ1) is 17.6. The maximum absolute atomic E-state index is 13.2. The zero-order valence-corrected chi connectivity index (χ0v) is 15.3. The van der Waals surface area contributed by atoms with Gasteiger partial charge >= 0.3 is 0 Å². The van der Waals surface area contributed by atoms with Crippen LogP contribution < -0.4 is 0 Å². The highest BCUT2D eigenvalue weighted by atomic mass is 32.2. The van der Waals surface area contributed by atoms with E-state index in [0.29, 0.717) is 17.7 Å². The Labute approximate surface area is 152 Å². The highest BCUT2D eigenvalue weighted by Gasteiger charge is 2.22. The minimum atomic E-state index is -0.393. The summed E-state index contributed by atoms with van der Waals surface area (Å²) in [6.45, 7) is 2.12. The van der Waals surface area contributed by atoms with Gasteiger partial charge in [-0.2, -0.15) is 0 Å². The molecule has 3 aromatic rings. The Morgan fingerprint density at radius 3 is 2.92 bits per heavy atom. The third-order valence-electron chi connectivity index (χ3n) is 3.45. The number of thioether (sulfide) groups is 1. The maximum atomic E-state index is 13.2. The number of hydrogen-bond donors (Lipinski definition) is 0. The van der Waals surface area contributed by atoms with E-state index < -0.39 is 5.25 Å². The van der Waals surface area contributed by atoms with Crippen molar-refractivity contribution in [2.24, 2.45) is 0 Å². The van der Waals surface area contributed by atoms with Crippen LogP contribution in [0.1, 0.15) is 12.5 Å².